The maximum absolute atomic E-state index is 13.0. The molecule has 3 aromatic rings. The normalized spacial score (nSPS) is 26.8. The number of hydrogen-bond donors (Lipinski definition) is 0. The van der Waals surface area contributed by atoms with Crippen molar-refractivity contribution in [1.82, 2.24) is 4.57 Å². The van der Waals surface area contributed by atoms with Crippen molar-refractivity contribution in [2.75, 3.05) is 0 Å². The second kappa shape index (κ2) is 5.66. The Morgan fingerprint density at radius 1 is 1.00 bits per heavy atom. The van der Waals surface area contributed by atoms with Crippen LogP contribution in [0.5, 0.6) is 0 Å². The smallest absolute Gasteiger partial charge is 0.345 e. The van der Waals surface area contributed by atoms with Gasteiger partial charge in [-0.25, -0.2) is 4.79 Å². The van der Waals surface area contributed by atoms with Gasteiger partial charge in [-0.15, -0.1) is 0 Å². The molecule has 0 fully saturated rings. The van der Waals surface area contributed by atoms with Crippen molar-refractivity contribution in [1.29, 1.82) is 0 Å². The fraction of sp³-hybridized carbons (Fsp3) is 0.292. The number of carbonyl (C=O) groups excluding carboxylic acids is 1. The van der Waals surface area contributed by atoms with E-state index in [1.165, 1.54) is 10.9 Å². The van der Waals surface area contributed by atoms with Crippen LogP contribution in [-0.4, -0.2) is 16.3 Å². The van der Waals surface area contributed by atoms with Crippen LogP contribution in [0.2, 0.25) is 0 Å². The van der Waals surface area contributed by atoms with Crippen LogP contribution < -0.4 is 0 Å². The molecule has 2 aromatic carbocycles. The first kappa shape index (κ1) is 16.7. The number of cyclic esters (lactones) is 1. The number of rotatable bonds is 1. The molecule has 6 rings (SSSR count). The molecule has 3 atom stereocenters. The van der Waals surface area contributed by atoms with Crippen LogP contribution in [0.1, 0.15) is 37.1 Å². The minimum absolute atomic E-state index is 0.0909. The van der Waals surface area contributed by atoms with Gasteiger partial charge in [-0.1, -0.05) is 48.5 Å². The van der Waals surface area contributed by atoms with Crippen molar-refractivity contribution in [3.8, 4) is 0 Å². The predicted molar refractivity (Wildman–Crippen MR) is 107 cm³/mol. The number of carbonyl (C=O) groups is 1. The topological polar surface area (TPSA) is 49.7 Å². The molecule has 1 aromatic heterocycles. The Labute approximate surface area is 168 Å². The molecule has 29 heavy (non-hydrogen) atoms. The Morgan fingerprint density at radius 3 is 2.59 bits per heavy atom. The van der Waals surface area contributed by atoms with Crippen LogP contribution in [-0.2, 0) is 25.5 Å². The van der Waals surface area contributed by atoms with E-state index in [9.17, 15) is 4.79 Å². The highest BCUT2D eigenvalue weighted by atomic mass is 16.8. The van der Waals surface area contributed by atoms with Crippen molar-refractivity contribution in [2.45, 2.75) is 38.2 Å². The highest BCUT2D eigenvalue weighted by molar-refractivity contribution is 5.93. The molecule has 3 aliphatic rings. The Morgan fingerprint density at radius 2 is 1.76 bits per heavy atom. The van der Waals surface area contributed by atoms with Gasteiger partial charge in [-0.05, 0) is 23.1 Å². The van der Waals surface area contributed by atoms with E-state index >= 15 is 0 Å². The number of esters is 1. The molecule has 5 heteroatoms. The second-order valence-corrected chi connectivity index (χ2v) is 8.42. The summed E-state index contributed by atoms with van der Waals surface area (Å²) in [5.74, 6) is -1.13. The molecule has 4 heterocycles. The molecule has 0 aliphatic carbocycles. The lowest BCUT2D eigenvalue weighted by Gasteiger charge is -2.41. The van der Waals surface area contributed by atoms with Crippen molar-refractivity contribution >= 4 is 16.9 Å². The quantitative estimate of drug-likeness (QED) is 0.571. The van der Waals surface area contributed by atoms with Gasteiger partial charge in [0.25, 0.3) is 11.7 Å². The van der Waals surface area contributed by atoms with E-state index in [2.05, 4.69) is 34.9 Å². The van der Waals surface area contributed by atoms with Crippen molar-refractivity contribution in [3.05, 3.63) is 83.4 Å². The van der Waals surface area contributed by atoms with Crippen molar-refractivity contribution in [2.24, 2.45) is 5.92 Å². The summed E-state index contributed by atoms with van der Waals surface area (Å²) in [4.78, 5) is 13.0. The van der Waals surface area contributed by atoms with E-state index < -0.39 is 5.79 Å². The fourth-order valence-corrected chi connectivity index (χ4v) is 5.02. The highest BCUT2D eigenvalue weighted by Crippen LogP contribution is 2.55. The number of fused-ring (bicyclic) bond motifs is 6. The lowest BCUT2D eigenvalue weighted by molar-refractivity contribution is -0.239. The third kappa shape index (κ3) is 2.36. The zero-order valence-corrected chi connectivity index (χ0v) is 16.3. The minimum Gasteiger partial charge on any atom is -0.456 e. The van der Waals surface area contributed by atoms with Crippen LogP contribution in [0.4, 0.5) is 0 Å². The average molecular weight is 387 g/mol. The van der Waals surface area contributed by atoms with E-state index in [0.29, 0.717) is 11.5 Å². The van der Waals surface area contributed by atoms with E-state index in [4.69, 9.17) is 14.2 Å². The zero-order chi connectivity index (χ0) is 19.8. The van der Waals surface area contributed by atoms with Crippen LogP contribution in [0.25, 0.3) is 10.9 Å². The van der Waals surface area contributed by atoms with Gasteiger partial charge < -0.3 is 18.8 Å². The molecular weight excluding hydrogens is 366 g/mol. The molecule has 5 nitrogen and oxygen atoms in total. The first-order valence-corrected chi connectivity index (χ1v) is 9.98. The molecule has 0 N–H and O–H groups in total. The SMILES string of the molecule is CC1(C)OC(=O)C2=C(OC(c3ccccc3)[C@@H]3Cn4c(cc5ccccc54)[C@@H]23)O1. The van der Waals surface area contributed by atoms with Gasteiger partial charge in [0.15, 0.2) is 0 Å². The maximum Gasteiger partial charge on any atom is 0.345 e. The van der Waals surface area contributed by atoms with Crippen LogP contribution in [0.15, 0.2) is 72.2 Å². The van der Waals surface area contributed by atoms with Crippen molar-refractivity contribution in [3.63, 3.8) is 0 Å². The third-order valence-corrected chi connectivity index (χ3v) is 6.16. The maximum atomic E-state index is 13.0. The summed E-state index contributed by atoms with van der Waals surface area (Å²) in [6.45, 7) is 4.24. The predicted octanol–water partition coefficient (Wildman–Crippen LogP) is 4.65. The number of hydrogen-bond acceptors (Lipinski definition) is 4. The molecule has 0 bridgehead atoms. The summed E-state index contributed by atoms with van der Waals surface area (Å²) < 4.78 is 20.2. The fourth-order valence-electron chi connectivity index (χ4n) is 5.02. The highest BCUT2D eigenvalue weighted by Gasteiger charge is 2.53. The summed E-state index contributed by atoms with van der Waals surface area (Å²) in [6, 6.07) is 20.7. The van der Waals surface area contributed by atoms with Crippen molar-refractivity contribution < 1.29 is 19.0 Å². The largest absolute Gasteiger partial charge is 0.456 e. The average Bonchev–Trinajstić information content (AvgIpc) is 3.23. The minimum atomic E-state index is -1.05. The molecule has 146 valence electrons. The molecule has 1 unspecified atom stereocenters. The molecule has 0 spiro atoms. The van der Waals surface area contributed by atoms with Gasteiger partial charge in [0, 0.05) is 43.4 Å². The molecule has 0 radical (unpaired) electrons. The Bertz CT molecular complexity index is 1170. The van der Waals surface area contributed by atoms with E-state index in [1.807, 2.05) is 30.3 Å². The number of benzene rings is 2. The number of aromatic nitrogens is 1. The van der Waals surface area contributed by atoms with Crippen LogP contribution in [0, 0.1) is 5.92 Å². The third-order valence-electron chi connectivity index (χ3n) is 6.16. The first-order valence-electron chi connectivity index (χ1n) is 9.98. The zero-order valence-electron chi connectivity index (χ0n) is 16.3. The van der Waals surface area contributed by atoms with Gasteiger partial charge in [0.1, 0.15) is 11.7 Å². The van der Waals surface area contributed by atoms with Gasteiger partial charge in [-0.2, -0.15) is 0 Å². The van der Waals surface area contributed by atoms with Crippen LogP contribution >= 0.6 is 0 Å². The molecule has 3 aliphatic heterocycles. The molecule has 0 amide bonds. The summed E-state index contributed by atoms with van der Waals surface area (Å²) in [6.07, 6.45) is -0.194. The number of nitrogens with zero attached hydrogens (tertiary/aromatic N) is 1. The van der Waals surface area contributed by atoms with Gasteiger partial charge in [-0.3, -0.25) is 0 Å². The summed E-state index contributed by atoms with van der Waals surface area (Å²) >= 11 is 0. The Hall–Kier alpha value is -3.21. The monoisotopic (exact) mass is 387 g/mol. The summed E-state index contributed by atoms with van der Waals surface area (Å²) in [5, 5.41) is 1.18. The van der Waals surface area contributed by atoms with E-state index in [1.54, 1.807) is 13.8 Å². The summed E-state index contributed by atoms with van der Waals surface area (Å²) in [5.41, 5.74) is 3.89. The Kier molecular flexibility index (Phi) is 3.26. The standard InChI is InChI=1S/C24H21NO4/c1-24(2)28-22(26)20-19-16(13-25-17-11-7-6-10-15(17)12-18(19)25)21(27-23(20)29-24)14-8-4-3-5-9-14/h3-12,16,19,21H,13H2,1-2H3/t16-,19+,21?/m1/s1. The lowest BCUT2D eigenvalue weighted by Crippen LogP contribution is -2.43. The van der Waals surface area contributed by atoms with Gasteiger partial charge in [0.05, 0.1) is 0 Å². The number of para-hydroxylation sites is 1. The Balaban J connectivity index is 1.56. The summed E-state index contributed by atoms with van der Waals surface area (Å²) in [7, 11) is 0. The molecule has 0 saturated carbocycles. The first-order chi connectivity index (χ1) is 14.0. The van der Waals surface area contributed by atoms with Gasteiger partial charge in [0.2, 0.25) is 0 Å². The lowest BCUT2D eigenvalue weighted by atomic mass is 9.78. The van der Waals surface area contributed by atoms with E-state index in [-0.39, 0.29) is 23.9 Å². The van der Waals surface area contributed by atoms with E-state index in [0.717, 1.165) is 17.8 Å². The second-order valence-electron chi connectivity index (χ2n) is 8.42. The van der Waals surface area contributed by atoms with Gasteiger partial charge >= 0.3 is 5.97 Å². The number of ether oxygens (including phenoxy) is 3. The molecular formula is C24H21NO4. The van der Waals surface area contributed by atoms with Crippen LogP contribution in [0.3, 0.4) is 0 Å². The molecule has 0 saturated heterocycles.